The van der Waals surface area contributed by atoms with Crippen molar-refractivity contribution in [3.8, 4) is 0 Å². The molecule has 0 aliphatic carbocycles. The number of carboxylic acids is 1. The standard InChI is InChI=1S/C13H26N2O2/c1-5-14-6-8-15(9-7-14)13(4,12(16)17)10-11(2)3/h11H,5-10H2,1-4H3,(H,16,17). The summed E-state index contributed by atoms with van der Waals surface area (Å²) in [7, 11) is 0. The van der Waals surface area contributed by atoms with E-state index in [0.717, 1.165) is 32.7 Å². The molecule has 0 saturated carbocycles. The van der Waals surface area contributed by atoms with Gasteiger partial charge >= 0.3 is 5.97 Å². The molecule has 0 spiro atoms. The SMILES string of the molecule is CCN1CCN(C(C)(CC(C)C)C(=O)O)CC1. The third-order valence-electron chi connectivity index (χ3n) is 3.78. The molecule has 4 nitrogen and oxygen atoms in total. The lowest BCUT2D eigenvalue weighted by atomic mass is 9.88. The molecule has 1 aliphatic heterocycles. The van der Waals surface area contributed by atoms with Crippen molar-refractivity contribution in [2.24, 2.45) is 5.92 Å². The molecule has 1 heterocycles. The van der Waals surface area contributed by atoms with Gasteiger partial charge in [0.2, 0.25) is 0 Å². The van der Waals surface area contributed by atoms with Gasteiger partial charge in [0.15, 0.2) is 0 Å². The van der Waals surface area contributed by atoms with E-state index >= 15 is 0 Å². The van der Waals surface area contributed by atoms with Gasteiger partial charge in [0.1, 0.15) is 5.54 Å². The number of piperazine rings is 1. The average molecular weight is 242 g/mol. The van der Waals surface area contributed by atoms with Gasteiger partial charge in [-0.1, -0.05) is 20.8 Å². The molecule has 17 heavy (non-hydrogen) atoms. The Morgan fingerprint density at radius 1 is 1.29 bits per heavy atom. The molecule has 1 unspecified atom stereocenters. The van der Waals surface area contributed by atoms with E-state index in [4.69, 9.17) is 0 Å². The number of nitrogens with zero attached hydrogens (tertiary/aromatic N) is 2. The van der Waals surface area contributed by atoms with E-state index < -0.39 is 11.5 Å². The second kappa shape index (κ2) is 5.83. The van der Waals surface area contributed by atoms with Gasteiger partial charge in [-0.3, -0.25) is 9.69 Å². The largest absolute Gasteiger partial charge is 0.480 e. The van der Waals surface area contributed by atoms with Crippen molar-refractivity contribution in [1.82, 2.24) is 9.80 Å². The second-order valence-electron chi connectivity index (χ2n) is 5.60. The summed E-state index contributed by atoms with van der Waals surface area (Å²) in [5, 5.41) is 9.50. The van der Waals surface area contributed by atoms with Crippen LogP contribution in [0.2, 0.25) is 0 Å². The topological polar surface area (TPSA) is 43.8 Å². The lowest BCUT2D eigenvalue weighted by molar-refractivity contribution is -0.153. The van der Waals surface area contributed by atoms with E-state index in [1.807, 2.05) is 6.92 Å². The highest BCUT2D eigenvalue weighted by atomic mass is 16.4. The number of hydrogen-bond acceptors (Lipinski definition) is 3. The third-order valence-corrected chi connectivity index (χ3v) is 3.78. The molecule has 0 aromatic carbocycles. The highest BCUT2D eigenvalue weighted by molar-refractivity contribution is 5.78. The summed E-state index contributed by atoms with van der Waals surface area (Å²) in [6.07, 6.45) is 0.717. The van der Waals surface area contributed by atoms with Crippen LogP contribution in [0.25, 0.3) is 0 Å². The molecule has 1 saturated heterocycles. The fourth-order valence-corrected chi connectivity index (χ4v) is 2.70. The van der Waals surface area contributed by atoms with Crippen LogP contribution in [0.5, 0.6) is 0 Å². The Hall–Kier alpha value is -0.610. The van der Waals surface area contributed by atoms with Gasteiger partial charge in [0.25, 0.3) is 0 Å². The smallest absolute Gasteiger partial charge is 0.323 e. The molecule has 0 radical (unpaired) electrons. The van der Waals surface area contributed by atoms with E-state index in [0.29, 0.717) is 12.3 Å². The molecule has 1 rings (SSSR count). The van der Waals surface area contributed by atoms with Crippen LogP contribution in [0, 0.1) is 5.92 Å². The first-order valence-electron chi connectivity index (χ1n) is 6.61. The van der Waals surface area contributed by atoms with Gasteiger partial charge < -0.3 is 10.0 Å². The molecular weight excluding hydrogens is 216 g/mol. The lowest BCUT2D eigenvalue weighted by Gasteiger charge is -2.44. The van der Waals surface area contributed by atoms with E-state index in [2.05, 4.69) is 30.6 Å². The summed E-state index contributed by atoms with van der Waals surface area (Å²) in [5.74, 6) is -0.281. The van der Waals surface area contributed by atoms with Gasteiger partial charge in [-0.25, -0.2) is 0 Å². The number of rotatable bonds is 5. The average Bonchev–Trinajstić information content (AvgIpc) is 2.28. The van der Waals surface area contributed by atoms with Gasteiger partial charge in [-0.2, -0.15) is 0 Å². The summed E-state index contributed by atoms with van der Waals surface area (Å²) in [4.78, 5) is 16.1. The molecule has 0 amide bonds. The maximum absolute atomic E-state index is 11.6. The Balaban J connectivity index is 2.69. The van der Waals surface area contributed by atoms with Crippen LogP contribution >= 0.6 is 0 Å². The van der Waals surface area contributed by atoms with E-state index in [9.17, 15) is 9.90 Å². The zero-order valence-electron chi connectivity index (χ0n) is 11.6. The highest BCUT2D eigenvalue weighted by Gasteiger charge is 2.40. The van der Waals surface area contributed by atoms with Gasteiger partial charge in [-0.15, -0.1) is 0 Å². The minimum Gasteiger partial charge on any atom is -0.480 e. The zero-order valence-corrected chi connectivity index (χ0v) is 11.6. The van der Waals surface area contributed by atoms with Crippen LogP contribution < -0.4 is 0 Å². The van der Waals surface area contributed by atoms with Gasteiger partial charge in [-0.05, 0) is 25.8 Å². The summed E-state index contributed by atoms with van der Waals surface area (Å²) in [6.45, 7) is 13.0. The van der Waals surface area contributed by atoms with Crippen LogP contribution in [0.4, 0.5) is 0 Å². The van der Waals surface area contributed by atoms with Gasteiger partial charge in [0.05, 0.1) is 0 Å². The molecule has 0 aromatic heterocycles. The number of likely N-dealkylation sites (N-methyl/N-ethyl adjacent to an activating group) is 1. The lowest BCUT2D eigenvalue weighted by Crippen LogP contribution is -2.59. The number of hydrogen-bond donors (Lipinski definition) is 1. The van der Waals surface area contributed by atoms with Crippen molar-refractivity contribution in [1.29, 1.82) is 0 Å². The Kier molecular flexibility index (Phi) is 4.95. The molecular formula is C13H26N2O2. The van der Waals surface area contributed by atoms with Crippen molar-refractivity contribution in [3.05, 3.63) is 0 Å². The Morgan fingerprint density at radius 3 is 2.18 bits per heavy atom. The normalized spacial score (nSPS) is 22.6. The third kappa shape index (κ3) is 3.42. The first-order valence-corrected chi connectivity index (χ1v) is 6.61. The first-order chi connectivity index (χ1) is 7.90. The van der Waals surface area contributed by atoms with Crippen LogP contribution in [-0.2, 0) is 4.79 Å². The van der Waals surface area contributed by atoms with Gasteiger partial charge in [0, 0.05) is 26.2 Å². The summed E-state index contributed by atoms with van der Waals surface area (Å²) in [6, 6.07) is 0. The summed E-state index contributed by atoms with van der Waals surface area (Å²) < 4.78 is 0. The number of aliphatic carboxylic acids is 1. The molecule has 0 bridgehead atoms. The van der Waals surface area contributed by atoms with Crippen molar-refractivity contribution in [3.63, 3.8) is 0 Å². The molecule has 4 heteroatoms. The van der Waals surface area contributed by atoms with E-state index in [1.54, 1.807) is 0 Å². The molecule has 1 aliphatic rings. The predicted molar refractivity (Wildman–Crippen MR) is 69.2 cm³/mol. The highest BCUT2D eigenvalue weighted by Crippen LogP contribution is 2.25. The summed E-state index contributed by atoms with van der Waals surface area (Å²) >= 11 is 0. The van der Waals surface area contributed by atoms with Crippen molar-refractivity contribution >= 4 is 5.97 Å². The first kappa shape index (κ1) is 14.5. The van der Waals surface area contributed by atoms with Crippen molar-refractivity contribution in [2.45, 2.75) is 39.7 Å². The van der Waals surface area contributed by atoms with Crippen LogP contribution in [-0.4, -0.2) is 59.1 Å². The second-order valence-corrected chi connectivity index (χ2v) is 5.60. The molecule has 0 aromatic rings. The van der Waals surface area contributed by atoms with E-state index in [-0.39, 0.29) is 0 Å². The number of carboxylic acid groups (broad SMARTS) is 1. The Morgan fingerprint density at radius 2 is 1.82 bits per heavy atom. The fraction of sp³-hybridized carbons (Fsp3) is 0.923. The van der Waals surface area contributed by atoms with E-state index in [1.165, 1.54) is 0 Å². The van der Waals surface area contributed by atoms with Crippen LogP contribution in [0.15, 0.2) is 0 Å². The minimum absolute atomic E-state index is 0.403. The predicted octanol–water partition coefficient (Wildman–Crippen LogP) is 1.51. The Labute approximate surface area is 105 Å². The summed E-state index contributed by atoms with van der Waals surface area (Å²) in [5.41, 5.74) is -0.700. The van der Waals surface area contributed by atoms with Crippen LogP contribution in [0.1, 0.15) is 34.1 Å². The number of carbonyl (C=O) groups is 1. The quantitative estimate of drug-likeness (QED) is 0.794. The van der Waals surface area contributed by atoms with Crippen molar-refractivity contribution in [2.75, 3.05) is 32.7 Å². The van der Waals surface area contributed by atoms with Crippen LogP contribution in [0.3, 0.4) is 0 Å². The molecule has 1 N–H and O–H groups in total. The fourth-order valence-electron chi connectivity index (χ4n) is 2.70. The molecule has 100 valence electrons. The maximum atomic E-state index is 11.6. The zero-order chi connectivity index (χ0) is 13.1. The molecule has 1 atom stereocenters. The minimum atomic E-state index is -0.700. The monoisotopic (exact) mass is 242 g/mol. The molecule has 1 fully saturated rings. The maximum Gasteiger partial charge on any atom is 0.323 e. The Bertz CT molecular complexity index is 260. The van der Waals surface area contributed by atoms with Crippen molar-refractivity contribution < 1.29 is 9.90 Å².